The van der Waals surface area contributed by atoms with E-state index < -0.39 is 0 Å². The molecule has 0 aromatic heterocycles. The minimum Gasteiger partial charge on any atom is -0.385 e. The highest BCUT2D eigenvalue weighted by Crippen LogP contribution is 2.33. The standard InChI is InChI=1S/C28H28N2/c1-3-7-27-25(5-1)23(17-19-29-27)15-13-21-9-11-22(12-10-21)14-16-24-18-20-30-28-8-4-2-6-26(24)28/h1-16,23-24,29-30H,17-20H2/b15-13+,16-14+. The average molecular weight is 393 g/mol. The highest BCUT2D eigenvalue weighted by atomic mass is 14.9. The third-order valence-corrected chi connectivity index (χ3v) is 6.24. The van der Waals surface area contributed by atoms with E-state index in [1.807, 2.05) is 0 Å². The summed E-state index contributed by atoms with van der Waals surface area (Å²) in [7, 11) is 0. The average Bonchev–Trinajstić information content (AvgIpc) is 2.82. The van der Waals surface area contributed by atoms with Crippen LogP contribution in [0.25, 0.3) is 12.2 Å². The second-order valence-electron chi connectivity index (χ2n) is 8.20. The number of nitrogens with one attached hydrogen (secondary N) is 2. The molecule has 3 aromatic rings. The summed E-state index contributed by atoms with van der Waals surface area (Å²) in [6.07, 6.45) is 11.5. The molecule has 2 heteroatoms. The SMILES string of the molecule is C(=C\C1CCNc2ccccc21)/c1ccc(/C=C/C2CCNc3ccccc32)cc1. The second-order valence-corrected chi connectivity index (χ2v) is 8.20. The minimum atomic E-state index is 0.488. The molecule has 150 valence electrons. The third-order valence-electron chi connectivity index (χ3n) is 6.24. The van der Waals surface area contributed by atoms with Crippen LogP contribution in [0.15, 0.2) is 84.9 Å². The molecule has 2 atom stereocenters. The quantitative estimate of drug-likeness (QED) is 0.504. The molecule has 0 saturated heterocycles. The van der Waals surface area contributed by atoms with Crippen LogP contribution in [0.3, 0.4) is 0 Å². The summed E-state index contributed by atoms with van der Waals surface area (Å²) in [6.45, 7) is 2.07. The molecule has 0 bridgehead atoms. The van der Waals surface area contributed by atoms with E-state index in [2.05, 4.69) is 108 Å². The molecule has 2 aliphatic heterocycles. The lowest BCUT2D eigenvalue weighted by molar-refractivity contribution is 0.744. The molecule has 30 heavy (non-hydrogen) atoms. The minimum absolute atomic E-state index is 0.488. The topological polar surface area (TPSA) is 24.1 Å². The Bertz CT molecular complexity index is 976. The fraction of sp³-hybridized carbons (Fsp3) is 0.214. The number of hydrogen-bond acceptors (Lipinski definition) is 2. The molecule has 2 unspecified atom stereocenters. The van der Waals surface area contributed by atoms with Gasteiger partial charge in [0.15, 0.2) is 0 Å². The van der Waals surface area contributed by atoms with Gasteiger partial charge in [0.25, 0.3) is 0 Å². The van der Waals surface area contributed by atoms with Crippen molar-refractivity contribution in [1.29, 1.82) is 0 Å². The maximum absolute atomic E-state index is 3.50. The Labute approximate surface area is 179 Å². The zero-order valence-corrected chi connectivity index (χ0v) is 17.2. The van der Waals surface area contributed by atoms with Gasteiger partial charge in [0, 0.05) is 36.3 Å². The fourth-order valence-corrected chi connectivity index (χ4v) is 4.57. The second kappa shape index (κ2) is 8.62. The van der Waals surface area contributed by atoms with E-state index >= 15 is 0 Å². The molecule has 2 nitrogen and oxygen atoms in total. The largest absolute Gasteiger partial charge is 0.385 e. The molecule has 0 radical (unpaired) electrons. The number of fused-ring (bicyclic) bond motifs is 2. The smallest absolute Gasteiger partial charge is 0.0378 e. The van der Waals surface area contributed by atoms with Crippen LogP contribution in [0.5, 0.6) is 0 Å². The number of para-hydroxylation sites is 2. The normalized spacial score (nSPS) is 20.4. The fourth-order valence-electron chi connectivity index (χ4n) is 4.57. The molecule has 3 aromatic carbocycles. The van der Waals surface area contributed by atoms with E-state index in [-0.39, 0.29) is 0 Å². The monoisotopic (exact) mass is 392 g/mol. The number of hydrogen-bond donors (Lipinski definition) is 2. The number of anilines is 2. The van der Waals surface area contributed by atoms with Crippen molar-refractivity contribution in [2.75, 3.05) is 23.7 Å². The lowest BCUT2D eigenvalue weighted by Crippen LogP contribution is -2.15. The first-order valence-corrected chi connectivity index (χ1v) is 11.0. The first kappa shape index (κ1) is 18.7. The van der Waals surface area contributed by atoms with Crippen LogP contribution in [0.4, 0.5) is 11.4 Å². The maximum Gasteiger partial charge on any atom is 0.0378 e. The van der Waals surface area contributed by atoms with Crippen LogP contribution >= 0.6 is 0 Å². The van der Waals surface area contributed by atoms with E-state index in [0.717, 1.165) is 25.9 Å². The first-order chi connectivity index (χ1) is 14.9. The van der Waals surface area contributed by atoms with Gasteiger partial charge in [-0.05, 0) is 47.2 Å². The summed E-state index contributed by atoms with van der Waals surface area (Å²) in [6, 6.07) is 26.2. The van der Waals surface area contributed by atoms with Gasteiger partial charge in [-0.15, -0.1) is 0 Å². The van der Waals surface area contributed by atoms with Crippen LogP contribution < -0.4 is 10.6 Å². The number of allylic oxidation sites excluding steroid dienone is 2. The molecule has 0 spiro atoms. The Kier molecular flexibility index (Phi) is 5.39. The summed E-state index contributed by atoms with van der Waals surface area (Å²) in [4.78, 5) is 0. The molecule has 2 heterocycles. The van der Waals surface area contributed by atoms with Crippen LogP contribution in [0, 0.1) is 0 Å². The molecule has 2 aliphatic rings. The van der Waals surface area contributed by atoms with Crippen molar-refractivity contribution in [1.82, 2.24) is 0 Å². The Morgan fingerprint density at radius 2 is 1.00 bits per heavy atom. The molecule has 2 N–H and O–H groups in total. The summed E-state index contributed by atoms with van der Waals surface area (Å²) in [5.41, 5.74) is 7.88. The Morgan fingerprint density at radius 1 is 0.567 bits per heavy atom. The van der Waals surface area contributed by atoms with Crippen molar-refractivity contribution >= 4 is 23.5 Å². The summed E-state index contributed by atoms with van der Waals surface area (Å²) in [5, 5.41) is 7.00. The number of rotatable bonds is 4. The van der Waals surface area contributed by atoms with E-state index in [0.29, 0.717) is 11.8 Å². The van der Waals surface area contributed by atoms with Gasteiger partial charge in [0.1, 0.15) is 0 Å². The summed E-state index contributed by atoms with van der Waals surface area (Å²) >= 11 is 0. The lowest BCUT2D eigenvalue weighted by atomic mass is 9.90. The van der Waals surface area contributed by atoms with E-state index in [1.165, 1.54) is 33.6 Å². The van der Waals surface area contributed by atoms with Crippen molar-refractivity contribution in [3.8, 4) is 0 Å². The van der Waals surface area contributed by atoms with Gasteiger partial charge in [-0.3, -0.25) is 0 Å². The molecular formula is C28H28N2. The third kappa shape index (κ3) is 4.04. The highest BCUT2D eigenvalue weighted by molar-refractivity contribution is 5.62. The predicted octanol–water partition coefficient (Wildman–Crippen LogP) is 6.91. The number of benzene rings is 3. The molecule has 0 aliphatic carbocycles. The van der Waals surface area contributed by atoms with Gasteiger partial charge in [-0.1, -0.05) is 85.0 Å². The van der Waals surface area contributed by atoms with Gasteiger partial charge >= 0.3 is 0 Å². The molecule has 0 amide bonds. The molecular weight excluding hydrogens is 364 g/mol. The highest BCUT2D eigenvalue weighted by Gasteiger charge is 2.17. The van der Waals surface area contributed by atoms with Crippen LogP contribution in [-0.4, -0.2) is 13.1 Å². The van der Waals surface area contributed by atoms with Crippen LogP contribution in [0.2, 0.25) is 0 Å². The van der Waals surface area contributed by atoms with Crippen molar-refractivity contribution in [3.05, 3.63) is 107 Å². The molecule has 5 rings (SSSR count). The van der Waals surface area contributed by atoms with E-state index in [9.17, 15) is 0 Å². The molecule has 0 saturated carbocycles. The Balaban J connectivity index is 1.27. The Hall–Kier alpha value is -3.26. The van der Waals surface area contributed by atoms with E-state index in [1.54, 1.807) is 0 Å². The van der Waals surface area contributed by atoms with Crippen molar-refractivity contribution in [2.24, 2.45) is 0 Å². The summed E-state index contributed by atoms with van der Waals surface area (Å²) in [5.74, 6) is 0.976. The summed E-state index contributed by atoms with van der Waals surface area (Å²) < 4.78 is 0. The van der Waals surface area contributed by atoms with Gasteiger partial charge in [0.2, 0.25) is 0 Å². The predicted molar refractivity (Wildman–Crippen MR) is 129 cm³/mol. The first-order valence-electron chi connectivity index (χ1n) is 11.0. The van der Waals surface area contributed by atoms with Gasteiger partial charge in [-0.25, -0.2) is 0 Å². The molecule has 0 fully saturated rings. The lowest BCUT2D eigenvalue weighted by Gasteiger charge is -2.24. The van der Waals surface area contributed by atoms with Gasteiger partial charge < -0.3 is 10.6 Å². The van der Waals surface area contributed by atoms with Crippen LogP contribution in [0.1, 0.15) is 46.9 Å². The zero-order valence-electron chi connectivity index (χ0n) is 17.2. The zero-order chi connectivity index (χ0) is 20.2. The van der Waals surface area contributed by atoms with Crippen molar-refractivity contribution in [3.63, 3.8) is 0 Å². The van der Waals surface area contributed by atoms with Crippen molar-refractivity contribution < 1.29 is 0 Å². The Morgan fingerprint density at radius 3 is 1.47 bits per heavy atom. The van der Waals surface area contributed by atoms with Crippen molar-refractivity contribution in [2.45, 2.75) is 24.7 Å². The van der Waals surface area contributed by atoms with Gasteiger partial charge in [0.05, 0.1) is 0 Å². The van der Waals surface area contributed by atoms with E-state index in [4.69, 9.17) is 0 Å². The van der Waals surface area contributed by atoms with Gasteiger partial charge in [-0.2, -0.15) is 0 Å². The maximum atomic E-state index is 3.50. The van der Waals surface area contributed by atoms with Crippen LogP contribution in [-0.2, 0) is 0 Å².